The highest BCUT2D eigenvalue weighted by atomic mass is 16.5. The van der Waals surface area contributed by atoms with Gasteiger partial charge in [-0.2, -0.15) is 0 Å². The van der Waals surface area contributed by atoms with E-state index in [4.69, 9.17) is 0 Å². The van der Waals surface area contributed by atoms with Crippen molar-refractivity contribution in [3.63, 3.8) is 0 Å². The van der Waals surface area contributed by atoms with Gasteiger partial charge in [0.25, 0.3) is 0 Å². The number of nitrogens with zero attached hydrogens (tertiary/aromatic N) is 1. The van der Waals surface area contributed by atoms with Gasteiger partial charge in [0.1, 0.15) is 6.04 Å². The quantitative estimate of drug-likeness (QED) is 0.697. The Kier molecular flexibility index (Phi) is 6.38. The van der Waals surface area contributed by atoms with E-state index in [1.54, 1.807) is 4.90 Å². The van der Waals surface area contributed by atoms with Crippen molar-refractivity contribution in [2.24, 2.45) is 5.92 Å². The van der Waals surface area contributed by atoms with Gasteiger partial charge in [-0.05, 0) is 18.8 Å². The number of amides is 2. The van der Waals surface area contributed by atoms with Crippen molar-refractivity contribution in [2.45, 2.75) is 51.1 Å². The van der Waals surface area contributed by atoms with Crippen LogP contribution in [0.4, 0.5) is 0 Å². The third-order valence-corrected chi connectivity index (χ3v) is 4.83. The zero-order valence-corrected chi connectivity index (χ0v) is 14.0. The molecule has 1 aliphatic carbocycles. The van der Waals surface area contributed by atoms with Crippen LogP contribution in [-0.2, 0) is 19.1 Å². The number of ether oxygens (including phenoxy) is 1. The van der Waals surface area contributed by atoms with E-state index in [0.717, 1.165) is 19.3 Å². The van der Waals surface area contributed by atoms with Gasteiger partial charge in [0, 0.05) is 19.1 Å². The van der Waals surface area contributed by atoms with Crippen LogP contribution in [0.2, 0.25) is 0 Å². The summed E-state index contributed by atoms with van der Waals surface area (Å²) in [6.07, 6.45) is 4.49. The maximum Gasteiger partial charge on any atom is 0.307 e. The fraction of sp³-hybridized carbons (Fsp3) is 0.812. The molecule has 2 aliphatic rings. The average Bonchev–Trinajstić information content (AvgIpc) is 2.52. The lowest BCUT2D eigenvalue weighted by molar-refractivity contribution is -0.146. The van der Waals surface area contributed by atoms with E-state index in [9.17, 15) is 14.4 Å². The van der Waals surface area contributed by atoms with Crippen molar-refractivity contribution in [1.82, 2.24) is 15.5 Å². The number of hydrogen-bond acceptors (Lipinski definition) is 5. The Morgan fingerprint density at radius 2 is 2.09 bits per heavy atom. The molecule has 1 saturated heterocycles. The molecule has 0 aromatic heterocycles. The number of esters is 1. The summed E-state index contributed by atoms with van der Waals surface area (Å²) in [5.74, 6) is -0.254. The summed E-state index contributed by atoms with van der Waals surface area (Å²) in [6, 6.07) is -0.417. The summed E-state index contributed by atoms with van der Waals surface area (Å²) >= 11 is 0. The van der Waals surface area contributed by atoms with Crippen molar-refractivity contribution in [3.8, 4) is 0 Å². The van der Waals surface area contributed by atoms with E-state index in [0.29, 0.717) is 19.0 Å². The maximum atomic E-state index is 12.3. The number of carbonyl (C=O) groups excluding carboxylic acids is 3. The lowest BCUT2D eigenvalue weighted by atomic mass is 9.86. The summed E-state index contributed by atoms with van der Waals surface area (Å²) in [7, 11) is 1.30. The number of carbonyl (C=O) groups is 3. The van der Waals surface area contributed by atoms with E-state index >= 15 is 0 Å². The van der Waals surface area contributed by atoms with Gasteiger partial charge in [0.05, 0.1) is 20.1 Å². The molecule has 0 aromatic carbocycles. The minimum Gasteiger partial charge on any atom is -0.469 e. The van der Waals surface area contributed by atoms with E-state index in [2.05, 4.69) is 22.3 Å². The lowest BCUT2D eigenvalue weighted by Gasteiger charge is -2.35. The predicted octanol–water partition coefficient (Wildman–Crippen LogP) is 0.0448. The number of nitrogens with one attached hydrogen (secondary N) is 2. The van der Waals surface area contributed by atoms with Crippen molar-refractivity contribution in [1.29, 1.82) is 0 Å². The molecule has 23 heavy (non-hydrogen) atoms. The molecule has 0 unspecified atom stereocenters. The third-order valence-electron chi connectivity index (χ3n) is 4.83. The first-order valence-corrected chi connectivity index (χ1v) is 8.39. The first kappa shape index (κ1) is 17.7. The molecule has 1 heterocycles. The van der Waals surface area contributed by atoms with E-state index in [1.165, 1.54) is 13.5 Å². The third kappa shape index (κ3) is 4.92. The fourth-order valence-electron chi connectivity index (χ4n) is 3.38. The molecule has 2 rings (SSSR count). The predicted molar refractivity (Wildman–Crippen MR) is 84.6 cm³/mol. The zero-order chi connectivity index (χ0) is 16.8. The van der Waals surface area contributed by atoms with E-state index < -0.39 is 12.0 Å². The molecular weight excluding hydrogens is 298 g/mol. The van der Waals surface area contributed by atoms with Crippen LogP contribution in [0.1, 0.15) is 39.0 Å². The van der Waals surface area contributed by atoms with Gasteiger partial charge in [-0.25, -0.2) is 0 Å². The Labute approximate surface area is 137 Å². The summed E-state index contributed by atoms with van der Waals surface area (Å²) in [5, 5.41) is 5.82. The molecule has 7 heteroatoms. The molecular formula is C16H27N3O4. The van der Waals surface area contributed by atoms with E-state index in [-0.39, 0.29) is 30.8 Å². The van der Waals surface area contributed by atoms with Gasteiger partial charge in [-0.1, -0.05) is 19.8 Å². The first-order chi connectivity index (χ1) is 11.0. The molecule has 1 saturated carbocycles. The highest BCUT2D eigenvalue weighted by Gasteiger charge is 2.33. The molecule has 0 bridgehead atoms. The Hall–Kier alpha value is -1.63. The number of methoxy groups -OCH3 is 1. The van der Waals surface area contributed by atoms with Crippen molar-refractivity contribution in [3.05, 3.63) is 0 Å². The molecule has 0 spiro atoms. The van der Waals surface area contributed by atoms with Crippen LogP contribution >= 0.6 is 0 Å². The van der Waals surface area contributed by atoms with Crippen LogP contribution in [0.5, 0.6) is 0 Å². The first-order valence-electron chi connectivity index (χ1n) is 8.39. The summed E-state index contributed by atoms with van der Waals surface area (Å²) in [6.45, 7) is 3.35. The van der Waals surface area contributed by atoms with Crippen molar-refractivity contribution >= 4 is 17.8 Å². The minimum absolute atomic E-state index is 0.0323. The van der Waals surface area contributed by atoms with Gasteiger partial charge in [0.2, 0.25) is 11.8 Å². The van der Waals surface area contributed by atoms with E-state index in [1.807, 2.05) is 0 Å². The molecule has 2 N–H and O–H groups in total. The molecule has 0 radical (unpaired) electrons. The molecule has 2 amide bonds. The second kappa shape index (κ2) is 8.29. The molecule has 7 nitrogen and oxygen atoms in total. The minimum atomic E-state index is -0.634. The lowest BCUT2D eigenvalue weighted by Crippen LogP contribution is -2.58. The molecule has 2 fully saturated rings. The number of hydrogen-bond donors (Lipinski definition) is 2. The van der Waals surface area contributed by atoms with Crippen LogP contribution in [-0.4, -0.2) is 61.5 Å². The van der Waals surface area contributed by atoms with Gasteiger partial charge >= 0.3 is 5.97 Å². The fourth-order valence-corrected chi connectivity index (χ4v) is 3.38. The van der Waals surface area contributed by atoms with Crippen LogP contribution in [0.25, 0.3) is 0 Å². The summed E-state index contributed by atoms with van der Waals surface area (Å²) in [5.41, 5.74) is 0. The Morgan fingerprint density at radius 1 is 1.35 bits per heavy atom. The zero-order valence-electron chi connectivity index (χ0n) is 14.0. The Morgan fingerprint density at radius 3 is 2.78 bits per heavy atom. The van der Waals surface area contributed by atoms with Gasteiger partial charge in [-0.15, -0.1) is 0 Å². The molecule has 3 atom stereocenters. The second-order valence-corrected chi connectivity index (χ2v) is 6.49. The topological polar surface area (TPSA) is 87.7 Å². The standard InChI is InChI=1S/C16H27N3O4/c1-11-5-3-4-6-12(11)18-14(20)10-19-8-7-17-16(22)13(19)9-15(21)23-2/h11-13H,3-10H2,1-2H3,(H,17,22)(H,18,20)/t11-,12+,13+/m0/s1. The number of rotatable bonds is 5. The van der Waals surface area contributed by atoms with Gasteiger partial charge in [0.15, 0.2) is 0 Å². The maximum absolute atomic E-state index is 12.3. The van der Waals surface area contributed by atoms with Crippen LogP contribution in [0.15, 0.2) is 0 Å². The SMILES string of the molecule is COC(=O)C[C@@H]1C(=O)NCCN1CC(=O)N[C@@H]1CCCC[C@@H]1C. The van der Waals surface area contributed by atoms with Gasteiger partial charge < -0.3 is 15.4 Å². The summed E-state index contributed by atoms with van der Waals surface area (Å²) in [4.78, 5) is 37.6. The normalized spacial score (nSPS) is 28.8. The van der Waals surface area contributed by atoms with Crippen LogP contribution in [0, 0.1) is 5.92 Å². The highest BCUT2D eigenvalue weighted by Crippen LogP contribution is 2.23. The largest absolute Gasteiger partial charge is 0.469 e. The Bertz CT molecular complexity index is 455. The second-order valence-electron chi connectivity index (χ2n) is 6.49. The van der Waals surface area contributed by atoms with Gasteiger partial charge in [-0.3, -0.25) is 19.3 Å². The van der Waals surface area contributed by atoms with Crippen molar-refractivity contribution < 1.29 is 19.1 Å². The van der Waals surface area contributed by atoms with Crippen molar-refractivity contribution in [2.75, 3.05) is 26.7 Å². The Balaban J connectivity index is 1.91. The molecule has 1 aliphatic heterocycles. The average molecular weight is 325 g/mol. The highest BCUT2D eigenvalue weighted by molar-refractivity contribution is 5.88. The van der Waals surface area contributed by atoms with Crippen LogP contribution in [0.3, 0.4) is 0 Å². The van der Waals surface area contributed by atoms with Crippen LogP contribution < -0.4 is 10.6 Å². The molecule has 130 valence electrons. The monoisotopic (exact) mass is 325 g/mol. The molecule has 0 aromatic rings. The smallest absolute Gasteiger partial charge is 0.307 e. The number of piperazine rings is 1. The summed E-state index contributed by atoms with van der Waals surface area (Å²) < 4.78 is 4.64.